The number of rotatable bonds is 4. The zero-order chi connectivity index (χ0) is 26.3. The molecule has 2 aromatic heterocycles. The first-order valence-electron chi connectivity index (χ1n) is 9.67. The lowest BCUT2D eigenvalue weighted by atomic mass is 10.2. The van der Waals surface area contributed by atoms with E-state index in [1.54, 1.807) is 29.5 Å². The summed E-state index contributed by atoms with van der Waals surface area (Å²) < 4.78 is 24.5. The molecular weight excluding hydrogens is 517 g/mol. The molecule has 7 nitrogen and oxygen atoms in total. The molecule has 0 radical (unpaired) electrons. The number of aryl methyl sites for hydroxylation is 1. The van der Waals surface area contributed by atoms with Crippen LogP contribution in [0.1, 0.15) is 24.4 Å². The average Bonchev–Trinajstić information content (AvgIpc) is 3.36. The number of allylic oxidation sites excluding steroid dienone is 2. The van der Waals surface area contributed by atoms with E-state index in [4.69, 9.17) is 28.0 Å². The summed E-state index contributed by atoms with van der Waals surface area (Å²) in [4.78, 5) is 11.3. The van der Waals surface area contributed by atoms with E-state index in [-0.39, 0.29) is 0 Å². The number of thiophene rings is 1. The van der Waals surface area contributed by atoms with E-state index in [1.165, 1.54) is 12.0 Å². The maximum absolute atomic E-state index is 9.41. The van der Waals surface area contributed by atoms with Crippen molar-refractivity contribution in [3.63, 3.8) is 0 Å². The number of halogens is 2. The van der Waals surface area contributed by atoms with Gasteiger partial charge in [0, 0.05) is 9.90 Å². The van der Waals surface area contributed by atoms with E-state index < -0.39 is 10.0 Å². The molecule has 0 aliphatic rings. The topological polar surface area (TPSA) is 104 Å². The van der Waals surface area contributed by atoms with E-state index in [9.17, 15) is 8.42 Å². The largest absolute Gasteiger partial charge is 0.471 e. The van der Waals surface area contributed by atoms with Gasteiger partial charge in [0.2, 0.25) is 10.0 Å². The number of nitrogens with zero attached hydrogens (tertiary/aromatic N) is 2. The summed E-state index contributed by atoms with van der Waals surface area (Å²) in [7, 11) is -1.85. The molecule has 3 rings (SSSR count). The van der Waals surface area contributed by atoms with E-state index >= 15 is 0 Å². The molecule has 0 saturated carbocycles. The second kappa shape index (κ2) is 16.2. The Hall–Kier alpha value is -2.43. The molecule has 0 fully saturated rings. The minimum atomic E-state index is -3.17. The van der Waals surface area contributed by atoms with Crippen molar-refractivity contribution in [3.8, 4) is 16.3 Å². The second-order valence-corrected chi connectivity index (χ2v) is 10.1. The number of sulfonamides is 1. The number of ether oxygens (including phenoxy) is 1. The standard InChI is InChI=1S/C17H14Cl2N2S.C3H6.C2H4O2.CH5NO2S/c1-3-4-13-6-8-17(22-13)16-9-11(2)20-21(16)15-10-12(18)5-7-14(15)19;1-3-2;1-4-2-3;1-5(2,3)4/h3-10H,1-2H3;3H,1H2,2H3;2H,1H3;1H3,(H2,2,3,4)/b4-3+;;;. The molecule has 3 aromatic rings. The Balaban J connectivity index is 0.000000760. The molecule has 0 spiro atoms. The van der Waals surface area contributed by atoms with Crippen LogP contribution in [0, 0.1) is 6.92 Å². The van der Waals surface area contributed by atoms with Crippen LogP contribution < -0.4 is 5.14 Å². The van der Waals surface area contributed by atoms with Gasteiger partial charge >= 0.3 is 0 Å². The molecule has 11 heteroatoms. The third kappa shape index (κ3) is 12.7. The number of hydrogen-bond donors (Lipinski definition) is 1. The van der Waals surface area contributed by atoms with Gasteiger partial charge in [-0.25, -0.2) is 18.2 Å². The smallest absolute Gasteiger partial charge is 0.292 e. The highest BCUT2D eigenvalue weighted by atomic mass is 35.5. The summed E-state index contributed by atoms with van der Waals surface area (Å²) in [5, 5.41) is 10.2. The molecule has 0 atom stereocenters. The zero-order valence-corrected chi connectivity index (χ0v) is 22.8. The van der Waals surface area contributed by atoms with Crippen molar-refractivity contribution in [3.05, 3.63) is 75.7 Å². The number of carbonyl (C=O) groups is 1. The van der Waals surface area contributed by atoms with Gasteiger partial charge in [-0.2, -0.15) is 5.10 Å². The van der Waals surface area contributed by atoms with Crippen molar-refractivity contribution in [1.82, 2.24) is 9.78 Å². The lowest BCUT2D eigenvalue weighted by Gasteiger charge is -2.08. The highest BCUT2D eigenvalue weighted by Crippen LogP contribution is 2.33. The molecule has 0 saturated heterocycles. The first kappa shape index (κ1) is 31.6. The van der Waals surface area contributed by atoms with E-state index in [0.29, 0.717) is 16.5 Å². The van der Waals surface area contributed by atoms with Crippen molar-refractivity contribution in [2.75, 3.05) is 13.4 Å². The Morgan fingerprint density at radius 1 is 1.18 bits per heavy atom. The summed E-state index contributed by atoms with van der Waals surface area (Å²) >= 11 is 14.2. The average molecular weight is 547 g/mol. The highest BCUT2D eigenvalue weighted by Gasteiger charge is 2.14. The maximum Gasteiger partial charge on any atom is 0.292 e. The molecule has 0 bridgehead atoms. The molecule has 0 amide bonds. The van der Waals surface area contributed by atoms with Gasteiger partial charge in [0.1, 0.15) is 0 Å². The molecule has 2 heterocycles. The van der Waals surface area contributed by atoms with E-state index in [1.807, 2.05) is 37.6 Å². The molecule has 0 aliphatic heterocycles. The van der Waals surface area contributed by atoms with Crippen molar-refractivity contribution in [2.24, 2.45) is 5.14 Å². The molecule has 34 heavy (non-hydrogen) atoms. The van der Waals surface area contributed by atoms with Crippen molar-refractivity contribution in [2.45, 2.75) is 20.8 Å². The number of methoxy groups -OCH3 is 1. The van der Waals surface area contributed by atoms with Crippen molar-refractivity contribution >= 4 is 57.1 Å². The monoisotopic (exact) mass is 545 g/mol. The predicted octanol–water partition coefficient (Wildman–Crippen LogP) is 6.14. The van der Waals surface area contributed by atoms with Crippen LogP contribution >= 0.6 is 34.5 Å². The van der Waals surface area contributed by atoms with Crippen LogP contribution in [0.25, 0.3) is 22.3 Å². The first-order valence-corrected chi connectivity index (χ1v) is 13.2. The molecule has 2 N–H and O–H groups in total. The molecule has 0 unspecified atom stereocenters. The minimum absolute atomic E-state index is 0.375. The Morgan fingerprint density at radius 2 is 1.74 bits per heavy atom. The number of hydrogen-bond acceptors (Lipinski definition) is 6. The van der Waals surface area contributed by atoms with Gasteiger partial charge in [0.25, 0.3) is 6.47 Å². The highest BCUT2D eigenvalue weighted by molar-refractivity contribution is 7.88. The number of nitrogens with two attached hydrogens (primary N) is 1. The summed E-state index contributed by atoms with van der Waals surface area (Å²) in [6, 6.07) is 11.7. The fourth-order valence-electron chi connectivity index (χ4n) is 2.25. The van der Waals surface area contributed by atoms with Crippen LogP contribution in [0.5, 0.6) is 0 Å². The summed E-state index contributed by atoms with van der Waals surface area (Å²) in [6.45, 7) is 9.61. The molecular formula is C23H29Cl2N3O4S2. The minimum Gasteiger partial charge on any atom is -0.471 e. The van der Waals surface area contributed by atoms with Crippen LogP contribution in [-0.2, 0) is 19.6 Å². The quantitative estimate of drug-likeness (QED) is 0.313. The fraction of sp³-hybridized carbons (Fsp3) is 0.217. The number of benzene rings is 1. The number of carbonyl (C=O) groups excluding carboxylic acids is 1. The Kier molecular flexibility index (Phi) is 15.1. The van der Waals surface area contributed by atoms with Gasteiger partial charge in [-0.3, -0.25) is 4.79 Å². The lowest BCUT2D eigenvalue weighted by Crippen LogP contribution is -2.07. The van der Waals surface area contributed by atoms with Gasteiger partial charge in [0.15, 0.2) is 0 Å². The van der Waals surface area contributed by atoms with Crippen LogP contribution in [0.4, 0.5) is 0 Å². The predicted molar refractivity (Wildman–Crippen MR) is 144 cm³/mol. The molecule has 1 aromatic carbocycles. The second-order valence-electron chi connectivity index (χ2n) is 6.45. The van der Waals surface area contributed by atoms with Crippen LogP contribution in [0.15, 0.2) is 55.1 Å². The third-order valence-corrected chi connectivity index (χ3v) is 4.90. The number of primary sulfonamides is 1. The first-order chi connectivity index (χ1) is 15.9. The van der Waals surface area contributed by atoms with Crippen LogP contribution in [0.2, 0.25) is 10.0 Å². The molecule has 186 valence electrons. The lowest BCUT2D eigenvalue weighted by molar-refractivity contribution is -0.126. The molecule has 0 aliphatic carbocycles. The Labute approximate surface area is 215 Å². The SMILES string of the molecule is C/C=C/c1ccc(-c2cc(C)nn2-c2cc(Cl)ccc2Cl)s1.C=CC.COC=O.CS(N)(=O)=O. The third-order valence-electron chi connectivity index (χ3n) is 3.27. The van der Waals surface area contributed by atoms with Crippen molar-refractivity contribution < 1.29 is 17.9 Å². The number of aromatic nitrogens is 2. The summed E-state index contributed by atoms with van der Waals surface area (Å²) in [5.41, 5.74) is 2.74. The normalized spacial score (nSPS) is 10.1. The van der Waals surface area contributed by atoms with Gasteiger partial charge in [-0.15, -0.1) is 17.9 Å². The fourth-order valence-corrected chi connectivity index (χ4v) is 3.60. The van der Waals surface area contributed by atoms with Gasteiger partial charge in [-0.05, 0) is 63.2 Å². The van der Waals surface area contributed by atoms with Gasteiger partial charge in [0.05, 0.1) is 40.3 Å². The van der Waals surface area contributed by atoms with Crippen LogP contribution in [-0.4, -0.2) is 38.0 Å². The van der Waals surface area contributed by atoms with Crippen LogP contribution in [0.3, 0.4) is 0 Å². The van der Waals surface area contributed by atoms with E-state index in [0.717, 1.165) is 28.2 Å². The zero-order valence-electron chi connectivity index (χ0n) is 19.7. The summed E-state index contributed by atoms with van der Waals surface area (Å²) in [5.74, 6) is 0. The van der Waals surface area contributed by atoms with Gasteiger partial charge in [-0.1, -0.05) is 35.4 Å². The van der Waals surface area contributed by atoms with E-state index in [2.05, 4.69) is 45.8 Å². The van der Waals surface area contributed by atoms with Gasteiger partial charge < -0.3 is 4.74 Å². The maximum atomic E-state index is 9.41. The Bertz CT molecular complexity index is 1180. The summed E-state index contributed by atoms with van der Waals surface area (Å²) in [6.07, 6.45) is 6.81. The van der Waals surface area contributed by atoms with Crippen molar-refractivity contribution in [1.29, 1.82) is 0 Å². The Morgan fingerprint density at radius 3 is 2.24 bits per heavy atom.